The molecule has 0 heterocycles. The third-order valence-corrected chi connectivity index (χ3v) is 4.99. The molecule has 0 aliphatic heterocycles. The second kappa shape index (κ2) is 24.2. The molecule has 0 rings (SSSR count). The van der Waals surface area contributed by atoms with Gasteiger partial charge in [-0.15, -0.1) is 0 Å². The van der Waals surface area contributed by atoms with Gasteiger partial charge in [0, 0.05) is 6.42 Å². The predicted molar refractivity (Wildman–Crippen MR) is 106 cm³/mol. The van der Waals surface area contributed by atoms with Gasteiger partial charge in [-0.05, 0) is 6.42 Å². The summed E-state index contributed by atoms with van der Waals surface area (Å²) < 4.78 is 0. The fourth-order valence-corrected chi connectivity index (χ4v) is 3.35. The average Bonchev–Trinajstić information content (AvgIpc) is 2.56. The molecule has 0 unspecified atom stereocenters. The van der Waals surface area contributed by atoms with Crippen LogP contribution in [0.25, 0.3) is 0 Å². The van der Waals surface area contributed by atoms with E-state index in [4.69, 9.17) is 5.11 Å². The van der Waals surface area contributed by atoms with E-state index < -0.39 is 5.97 Å². The van der Waals surface area contributed by atoms with Crippen molar-refractivity contribution in [1.82, 2.24) is 0 Å². The van der Waals surface area contributed by atoms with Crippen LogP contribution in [0.5, 0.6) is 0 Å². The molecule has 0 amide bonds. The number of carboxylic acid groups (broad SMARTS) is 1. The second-order valence-electron chi connectivity index (χ2n) is 7.51. The first kappa shape index (κ1) is 27.4. The second-order valence-corrected chi connectivity index (χ2v) is 7.51. The first-order valence-electron chi connectivity index (χ1n) is 11.0. The van der Waals surface area contributed by atoms with E-state index in [1.807, 2.05) is 0 Å². The van der Waals surface area contributed by atoms with Gasteiger partial charge in [-0.3, -0.25) is 4.79 Å². The first-order valence-corrected chi connectivity index (χ1v) is 11.0. The molecule has 2 nitrogen and oxygen atoms in total. The summed E-state index contributed by atoms with van der Waals surface area (Å²) in [7, 11) is 0. The number of hydrogen-bond donors (Lipinski definition) is 1. The van der Waals surface area contributed by atoms with Crippen molar-refractivity contribution in [3.63, 3.8) is 0 Å². The van der Waals surface area contributed by atoms with Crippen molar-refractivity contribution in [3.8, 4) is 0 Å². The van der Waals surface area contributed by atoms with Gasteiger partial charge in [0.15, 0.2) is 0 Å². The van der Waals surface area contributed by atoms with E-state index in [0.29, 0.717) is 6.42 Å². The van der Waals surface area contributed by atoms with Crippen molar-refractivity contribution in [3.05, 3.63) is 0 Å². The van der Waals surface area contributed by atoms with Crippen LogP contribution in [0.4, 0.5) is 0 Å². The summed E-state index contributed by atoms with van der Waals surface area (Å²) in [6.45, 7) is 2.28. The molecular weight excluding hydrogens is 404 g/mol. The van der Waals surface area contributed by atoms with E-state index in [1.54, 1.807) is 0 Å². The number of carbonyl (C=O) groups is 1. The largest absolute Gasteiger partial charge is 1.00 e. The maximum atomic E-state index is 10.4. The molecule has 0 radical (unpaired) electrons. The standard InChI is InChI=1S/C22H44O2.Ag/c1-2-3-4-5-6-7-8-9-10-11-12-13-14-15-16-17-18-19-20-21-22(23)24;/h2-21H2,1H3,(H,23,24);/q;+1. The quantitative estimate of drug-likeness (QED) is 0.152. The van der Waals surface area contributed by atoms with Crippen LogP contribution in [0.3, 0.4) is 0 Å². The Morgan fingerprint density at radius 3 is 1.00 bits per heavy atom. The molecular formula is C22H44AgO2+. The zero-order chi connectivity index (χ0) is 17.7. The fourth-order valence-electron chi connectivity index (χ4n) is 3.35. The fraction of sp³-hybridized carbons (Fsp3) is 0.955. The maximum Gasteiger partial charge on any atom is 1.00 e. The van der Waals surface area contributed by atoms with Gasteiger partial charge in [0.25, 0.3) is 0 Å². The molecule has 0 aliphatic carbocycles. The number of aliphatic carboxylic acids is 1. The Labute approximate surface area is 173 Å². The normalized spacial score (nSPS) is 10.6. The number of rotatable bonds is 20. The van der Waals surface area contributed by atoms with Gasteiger partial charge in [0.05, 0.1) is 0 Å². The third kappa shape index (κ3) is 26.5. The van der Waals surface area contributed by atoms with Gasteiger partial charge in [-0.25, -0.2) is 0 Å². The van der Waals surface area contributed by atoms with Crippen molar-refractivity contribution in [1.29, 1.82) is 0 Å². The van der Waals surface area contributed by atoms with E-state index in [9.17, 15) is 4.79 Å². The van der Waals surface area contributed by atoms with Gasteiger partial charge >= 0.3 is 28.3 Å². The van der Waals surface area contributed by atoms with Crippen LogP contribution < -0.4 is 0 Å². The van der Waals surface area contributed by atoms with E-state index in [-0.39, 0.29) is 22.4 Å². The third-order valence-electron chi connectivity index (χ3n) is 4.99. The molecule has 0 aromatic carbocycles. The van der Waals surface area contributed by atoms with E-state index >= 15 is 0 Å². The molecule has 25 heavy (non-hydrogen) atoms. The summed E-state index contributed by atoms with van der Waals surface area (Å²) in [5.41, 5.74) is 0. The molecule has 0 fully saturated rings. The molecule has 0 aliphatic rings. The predicted octanol–water partition coefficient (Wildman–Crippen LogP) is 7.89. The average molecular weight is 448 g/mol. The Balaban J connectivity index is 0. The van der Waals surface area contributed by atoms with E-state index in [1.165, 1.54) is 109 Å². The molecule has 0 atom stereocenters. The molecule has 0 saturated heterocycles. The Kier molecular flexibility index (Phi) is 26.6. The van der Waals surface area contributed by atoms with Crippen LogP contribution in [0.15, 0.2) is 0 Å². The summed E-state index contributed by atoms with van der Waals surface area (Å²) in [4.78, 5) is 10.4. The summed E-state index contributed by atoms with van der Waals surface area (Å²) in [5.74, 6) is -0.651. The Bertz CT molecular complexity index is 256. The molecule has 0 spiro atoms. The minimum Gasteiger partial charge on any atom is -0.481 e. The van der Waals surface area contributed by atoms with Gasteiger partial charge in [0.1, 0.15) is 0 Å². The van der Waals surface area contributed by atoms with E-state index in [0.717, 1.165) is 12.8 Å². The summed E-state index contributed by atoms with van der Waals surface area (Å²) in [6.07, 6.45) is 26.1. The van der Waals surface area contributed by atoms with Crippen molar-refractivity contribution >= 4 is 5.97 Å². The van der Waals surface area contributed by atoms with Crippen LogP contribution in [0.2, 0.25) is 0 Å². The minimum absolute atomic E-state index is 0. The first-order chi connectivity index (χ1) is 11.8. The molecule has 1 N–H and O–H groups in total. The molecule has 0 saturated carbocycles. The van der Waals surface area contributed by atoms with E-state index in [2.05, 4.69) is 6.92 Å². The van der Waals surface area contributed by atoms with Crippen LogP contribution >= 0.6 is 0 Å². The smallest absolute Gasteiger partial charge is 0.481 e. The maximum absolute atomic E-state index is 10.4. The molecule has 154 valence electrons. The van der Waals surface area contributed by atoms with Gasteiger partial charge in [-0.2, -0.15) is 0 Å². The van der Waals surface area contributed by atoms with Crippen LogP contribution in [-0.2, 0) is 27.2 Å². The monoisotopic (exact) mass is 447 g/mol. The van der Waals surface area contributed by atoms with Crippen molar-refractivity contribution < 1.29 is 32.3 Å². The van der Waals surface area contributed by atoms with Crippen LogP contribution in [0.1, 0.15) is 135 Å². The summed E-state index contributed by atoms with van der Waals surface area (Å²) in [5, 5.41) is 8.56. The Hall–Kier alpha value is 0.210. The van der Waals surface area contributed by atoms with Crippen molar-refractivity contribution in [2.45, 2.75) is 135 Å². The molecule has 0 aromatic heterocycles. The zero-order valence-corrected chi connectivity index (χ0v) is 18.3. The Morgan fingerprint density at radius 1 is 0.520 bits per heavy atom. The van der Waals surface area contributed by atoms with Crippen LogP contribution in [0, 0.1) is 0 Å². The van der Waals surface area contributed by atoms with Gasteiger partial charge in [0.2, 0.25) is 0 Å². The number of hydrogen-bond acceptors (Lipinski definition) is 1. The Morgan fingerprint density at radius 2 is 0.760 bits per heavy atom. The van der Waals surface area contributed by atoms with Gasteiger partial charge in [-0.1, -0.05) is 122 Å². The molecule has 3 heteroatoms. The summed E-state index contributed by atoms with van der Waals surface area (Å²) in [6, 6.07) is 0. The topological polar surface area (TPSA) is 37.3 Å². The SMILES string of the molecule is CCCCCCCCCCCCCCCCCCCCCC(=O)O.[Ag+]. The molecule has 0 aromatic rings. The number of carboxylic acids is 1. The van der Waals surface area contributed by atoms with Crippen molar-refractivity contribution in [2.24, 2.45) is 0 Å². The number of unbranched alkanes of at least 4 members (excludes halogenated alkanes) is 18. The molecule has 0 bridgehead atoms. The minimum atomic E-state index is -0.651. The van der Waals surface area contributed by atoms with Gasteiger partial charge < -0.3 is 5.11 Å². The van der Waals surface area contributed by atoms with Crippen molar-refractivity contribution in [2.75, 3.05) is 0 Å². The van der Waals surface area contributed by atoms with Crippen LogP contribution in [-0.4, -0.2) is 11.1 Å². The summed E-state index contributed by atoms with van der Waals surface area (Å²) >= 11 is 0. The zero-order valence-electron chi connectivity index (χ0n) is 16.8.